The molecule has 0 aliphatic carbocycles. The Morgan fingerprint density at radius 3 is 2.44 bits per heavy atom. The van der Waals surface area contributed by atoms with E-state index in [0.29, 0.717) is 5.01 Å². The molecule has 3 aromatic carbocycles. The van der Waals surface area contributed by atoms with Gasteiger partial charge in [-0.2, -0.15) is 4.72 Å². The lowest BCUT2D eigenvalue weighted by atomic mass is 10.1. The molecule has 4 aromatic rings. The Kier molecular flexibility index (Phi) is 6.17. The molecule has 4 rings (SSSR count). The lowest BCUT2D eigenvalue weighted by molar-refractivity contribution is -0.117. The standard InChI is InChI=1S/C22H20N4O4S2/c1-14(26-32(28,29)19-12-9-15-5-3-4-6-17(15)13-19)20(27)23-22-25-24-21(31-22)16-7-10-18(30-2)11-8-16/h3-14,26H,1-2H3,(H,23,25,27). The molecule has 0 radical (unpaired) electrons. The van der Waals surface area contributed by atoms with E-state index in [4.69, 9.17) is 4.74 Å². The van der Waals surface area contributed by atoms with E-state index in [-0.39, 0.29) is 10.0 Å². The fourth-order valence-corrected chi connectivity index (χ4v) is 5.02. The summed E-state index contributed by atoms with van der Waals surface area (Å²) in [4.78, 5) is 12.6. The molecule has 32 heavy (non-hydrogen) atoms. The van der Waals surface area contributed by atoms with Crippen molar-refractivity contribution in [2.24, 2.45) is 0 Å². The van der Waals surface area contributed by atoms with Crippen LogP contribution >= 0.6 is 11.3 Å². The lowest BCUT2D eigenvalue weighted by Gasteiger charge is -2.13. The fraction of sp³-hybridized carbons (Fsp3) is 0.136. The van der Waals surface area contributed by atoms with Crippen molar-refractivity contribution in [2.75, 3.05) is 12.4 Å². The van der Waals surface area contributed by atoms with Gasteiger partial charge in [0.2, 0.25) is 21.1 Å². The van der Waals surface area contributed by atoms with Crippen molar-refractivity contribution in [2.45, 2.75) is 17.9 Å². The van der Waals surface area contributed by atoms with E-state index in [2.05, 4.69) is 20.2 Å². The Hall–Kier alpha value is -3.34. The Morgan fingerprint density at radius 2 is 1.72 bits per heavy atom. The molecular formula is C22H20N4O4S2. The van der Waals surface area contributed by atoms with Crippen molar-refractivity contribution in [3.63, 3.8) is 0 Å². The number of hydrogen-bond donors (Lipinski definition) is 2. The number of benzene rings is 3. The van der Waals surface area contributed by atoms with Crippen LogP contribution in [0, 0.1) is 0 Å². The van der Waals surface area contributed by atoms with Crippen LogP contribution in [0.25, 0.3) is 21.3 Å². The zero-order valence-corrected chi connectivity index (χ0v) is 18.9. The van der Waals surface area contributed by atoms with E-state index in [1.54, 1.807) is 31.4 Å². The smallest absolute Gasteiger partial charge is 0.244 e. The lowest BCUT2D eigenvalue weighted by Crippen LogP contribution is -2.41. The summed E-state index contributed by atoms with van der Waals surface area (Å²) >= 11 is 1.19. The summed E-state index contributed by atoms with van der Waals surface area (Å²) in [6.07, 6.45) is 0. The van der Waals surface area contributed by atoms with Crippen LogP contribution < -0.4 is 14.8 Å². The minimum Gasteiger partial charge on any atom is -0.497 e. The highest BCUT2D eigenvalue weighted by Gasteiger charge is 2.23. The van der Waals surface area contributed by atoms with Gasteiger partial charge >= 0.3 is 0 Å². The molecule has 0 saturated carbocycles. The number of nitrogens with zero attached hydrogens (tertiary/aromatic N) is 2. The minimum absolute atomic E-state index is 0.0913. The second-order valence-electron chi connectivity index (χ2n) is 6.98. The van der Waals surface area contributed by atoms with Crippen molar-refractivity contribution >= 4 is 43.2 Å². The Bertz CT molecular complexity index is 1370. The van der Waals surface area contributed by atoms with Crippen LogP contribution in [0.3, 0.4) is 0 Å². The number of amides is 1. The molecule has 8 nitrogen and oxygen atoms in total. The first kappa shape index (κ1) is 21.9. The Balaban J connectivity index is 1.43. The molecule has 0 aliphatic heterocycles. The quantitative estimate of drug-likeness (QED) is 0.428. The molecule has 10 heteroatoms. The number of fused-ring (bicyclic) bond motifs is 1. The summed E-state index contributed by atoms with van der Waals surface area (Å²) in [6, 6.07) is 18.6. The van der Waals surface area contributed by atoms with Crippen molar-refractivity contribution < 1.29 is 17.9 Å². The van der Waals surface area contributed by atoms with Crippen LogP contribution in [0.5, 0.6) is 5.75 Å². The predicted molar refractivity (Wildman–Crippen MR) is 124 cm³/mol. The second-order valence-corrected chi connectivity index (χ2v) is 9.67. The van der Waals surface area contributed by atoms with E-state index < -0.39 is 22.0 Å². The van der Waals surface area contributed by atoms with Crippen molar-refractivity contribution in [1.29, 1.82) is 0 Å². The first-order chi connectivity index (χ1) is 15.4. The van der Waals surface area contributed by atoms with E-state index in [9.17, 15) is 13.2 Å². The van der Waals surface area contributed by atoms with Gasteiger partial charge in [-0.3, -0.25) is 10.1 Å². The number of sulfonamides is 1. The number of aromatic nitrogens is 2. The van der Waals surface area contributed by atoms with Crippen molar-refractivity contribution in [3.05, 3.63) is 66.7 Å². The maximum Gasteiger partial charge on any atom is 0.244 e. The zero-order valence-electron chi connectivity index (χ0n) is 17.3. The van der Waals surface area contributed by atoms with Gasteiger partial charge in [0.25, 0.3) is 0 Å². The molecule has 0 spiro atoms. The topological polar surface area (TPSA) is 110 Å². The summed E-state index contributed by atoms with van der Waals surface area (Å²) in [5.74, 6) is 0.186. The van der Waals surface area contributed by atoms with Gasteiger partial charge in [-0.15, -0.1) is 10.2 Å². The average Bonchev–Trinajstić information content (AvgIpc) is 3.27. The number of ether oxygens (including phenoxy) is 1. The van der Waals surface area contributed by atoms with Crippen LogP contribution in [0.4, 0.5) is 5.13 Å². The zero-order chi connectivity index (χ0) is 22.7. The van der Waals surface area contributed by atoms with Crippen LogP contribution in [0.2, 0.25) is 0 Å². The van der Waals surface area contributed by atoms with E-state index in [0.717, 1.165) is 22.1 Å². The number of carbonyl (C=O) groups excluding carboxylic acids is 1. The van der Waals surface area contributed by atoms with E-state index >= 15 is 0 Å². The molecule has 0 bridgehead atoms. The largest absolute Gasteiger partial charge is 0.497 e. The van der Waals surface area contributed by atoms with Crippen LogP contribution in [-0.2, 0) is 14.8 Å². The van der Waals surface area contributed by atoms with Crippen molar-refractivity contribution in [1.82, 2.24) is 14.9 Å². The maximum atomic E-state index is 12.8. The molecule has 0 saturated heterocycles. The first-order valence-electron chi connectivity index (χ1n) is 9.65. The third-order valence-corrected chi connectivity index (χ3v) is 7.17. The van der Waals surface area contributed by atoms with Gasteiger partial charge < -0.3 is 4.74 Å². The highest BCUT2D eigenvalue weighted by molar-refractivity contribution is 7.89. The van der Waals surface area contributed by atoms with Crippen LogP contribution in [0.15, 0.2) is 71.6 Å². The van der Waals surface area contributed by atoms with Crippen molar-refractivity contribution in [3.8, 4) is 16.3 Å². The average molecular weight is 469 g/mol. The molecule has 164 valence electrons. The number of anilines is 1. The number of carbonyl (C=O) groups is 1. The Labute approximate surface area is 189 Å². The molecule has 1 unspecified atom stereocenters. The summed E-state index contributed by atoms with van der Waals surface area (Å²) in [5.41, 5.74) is 0.828. The number of rotatable bonds is 7. The molecule has 1 amide bonds. The summed E-state index contributed by atoms with van der Waals surface area (Å²) in [7, 11) is -2.30. The number of nitrogens with one attached hydrogen (secondary N) is 2. The van der Waals surface area contributed by atoms with Crippen LogP contribution in [0.1, 0.15) is 6.92 Å². The summed E-state index contributed by atoms with van der Waals surface area (Å²) in [6.45, 7) is 1.47. The molecule has 0 fully saturated rings. The molecular weight excluding hydrogens is 448 g/mol. The summed E-state index contributed by atoms with van der Waals surface area (Å²) < 4.78 is 33.1. The third kappa shape index (κ3) is 4.77. The SMILES string of the molecule is COc1ccc(-c2nnc(NC(=O)C(C)NS(=O)(=O)c3ccc4ccccc4c3)s2)cc1. The second kappa shape index (κ2) is 9.03. The maximum absolute atomic E-state index is 12.8. The Morgan fingerprint density at radius 1 is 1.00 bits per heavy atom. The van der Waals surface area contributed by atoms with Gasteiger partial charge in [-0.25, -0.2) is 8.42 Å². The number of methoxy groups -OCH3 is 1. The van der Waals surface area contributed by atoms with Gasteiger partial charge in [-0.05, 0) is 54.1 Å². The van der Waals surface area contributed by atoms with Gasteiger partial charge in [0, 0.05) is 5.56 Å². The highest BCUT2D eigenvalue weighted by Crippen LogP contribution is 2.28. The number of hydrogen-bond acceptors (Lipinski definition) is 7. The molecule has 1 atom stereocenters. The van der Waals surface area contributed by atoms with Gasteiger partial charge in [0.05, 0.1) is 18.0 Å². The highest BCUT2D eigenvalue weighted by atomic mass is 32.2. The normalized spacial score (nSPS) is 12.4. The monoisotopic (exact) mass is 468 g/mol. The van der Waals surface area contributed by atoms with Gasteiger partial charge in [0.1, 0.15) is 10.8 Å². The third-order valence-electron chi connectivity index (χ3n) is 4.75. The van der Waals surface area contributed by atoms with Gasteiger partial charge in [-0.1, -0.05) is 41.7 Å². The van der Waals surface area contributed by atoms with E-state index in [1.165, 1.54) is 24.3 Å². The molecule has 1 heterocycles. The summed E-state index contributed by atoms with van der Waals surface area (Å²) in [5, 5.41) is 13.3. The van der Waals surface area contributed by atoms with Crippen LogP contribution in [-0.4, -0.2) is 37.7 Å². The van der Waals surface area contributed by atoms with E-state index in [1.807, 2.05) is 36.4 Å². The molecule has 1 aromatic heterocycles. The first-order valence-corrected chi connectivity index (χ1v) is 12.0. The predicted octanol–water partition coefficient (Wildman–Crippen LogP) is 3.67. The fourth-order valence-electron chi connectivity index (χ4n) is 3.03. The molecule has 0 aliphatic rings. The minimum atomic E-state index is -3.89. The molecule has 2 N–H and O–H groups in total. The van der Waals surface area contributed by atoms with Gasteiger partial charge in [0.15, 0.2) is 0 Å².